The van der Waals surface area contributed by atoms with Crippen LogP contribution in [0.3, 0.4) is 0 Å². The molecule has 2 aromatic carbocycles. The van der Waals surface area contributed by atoms with E-state index in [2.05, 4.69) is 0 Å². The van der Waals surface area contributed by atoms with E-state index in [4.69, 9.17) is 0 Å². The maximum absolute atomic E-state index is 15.1. The largest absolute Gasteiger partial charge is 0.481 e. The van der Waals surface area contributed by atoms with Crippen molar-refractivity contribution in [3.05, 3.63) is 62.7 Å². The van der Waals surface area contributed by atoms with E-state index in [1.165, 1.54) is 17.0 Å². The van der Waals surface area contributed by atoms with Crippen molar-refractivity contribution in [2.75, 3.05) is 6.54 Å². The van der Waals surface area contributed by atoms with E-state index in [0.29, 0.717) is 28.5 Å². The molecule has 1 N–H and O–H groups in total. The molecular formula is C32H33F7INO5S. The second kappa shape index (κ2) is 12.2. The SMILES string of the molecule is CCC[C@]1(C(=O)N2CC[C@@]3(S(=O)(=O)c4ccc(I)cc4)c4ccc(C(F)(C(F)(F)F)C(F)(F)F)cc4CC[C@@H]23)CC[C@H](C(=O)O)CC1. The zero-order chi connectivity index (χ0) is 34.8. The van der Waals surface area contributed by atoms with E-state index in [1.807, 2.05) is 29.5 Å². The van der Waals surface area contributed by atoms with E-state index >= 15 is 4.39 Å². The number of carbonyl (C=O) groups is 2. The summed E-state index contributed by atoms with van der Waals surface area (Å²) >= 11 is 1.98. The first-order valence-corrected chi connectivity index (χ1v) is 17.8. The standard InChI is InChI=1S/C32H33F7INO5S/c1-2-13-28(14-11-19(12-15-28)26(42)43)27(44)41-17-16-29(47(45,46)23-7-5-22(40)6-8-23)24-9-4-21(18-20(24)3-10-25(29)41)30(33,31(34,35)36)32(37,38)39/h4-9,18-19,25H,2-3,10-17H2,1H3,(H,42,43)/t19-,25-,28-,29-/m1/s1. The lowest BCUT2D eigenvalue weighted by Gasteiger charge is -2.46. The number of rotatable bonds is 7. The van der Waals surface area contributed by atoms with E-state index < -0.39 is 61.5 Å². The van der Waals surface area contributed by atoms with Crippen LogP contribution in [0, 0.1) is 14.9 Å². The van der Waals surface area contributed by atoms with Crippen molar-refractivity contribution in [2.24, 2.45) is 11.3 Å². The minimum absolute atomic E-state index is 0.0553. The van der Waals surface area contributed by atoms with Crippen LogP contribution in [-0.2, 0) is 36.3 Å². The molecule has 3 aliphatic rings. The van der Waals surface area contributed by atoms with Crippen LogP contribution >= 0.6 is 22.6 Å². The van der Waals surface area contributed by atoms with Gasteiger partial charge in [0, 0.05) is 21.1 Å². The van der Waals surface area contributed by atoms with Gasteiger partial charge in [0.15, 0.2) is 9.84 Å². The van der Waals surface area contributed by atoms with Crippen molar-refractivity contribution in [1.29, 1.82) is 0 Å². The van der Waals surface area contributed by atoms with Gasteiger partial charge in [0.1, 0.15) is 4.75 Å². The van der Waals surface area contributed by atoms with Crippen LogP contribution in [0.25, 0.3) is 0 Å². The smallest absolute Gasteiger partial charge is 0.435 e. The molecule has 1 saturated heterocycles. The number of halogens is 8. The van der Waals surface area contributed by atoms with Gasteiger partial charge in [0.2, 0.25) is 5.91 Å². The van der Waals surface area contributed by atoms with Gasteiger partial charge in [0.25, 0.3) is 0 Å². The van der Waals surface area contributed by atoms with Gasteiger partial charge in [-0.05, 0) is 109 Å². The van der Waals surface area contributed by atoms with Gasteiger partial charge in [-0.25, -0.2) is 12.8 Å². The molecule has 0 spiro atoms. The Morgan fingerprint density at radius 3 is 2.06 bits per heavy atom. The summed E-state index contributed by atoms with van der Waals surface area (Å²) in [5, 5.41) is 9.53. The van der Waals surface area contributed by atoms with E-state index in [9.17, 15) is 49.5 Å². The second-order valence-electron chi connectivity index (χ2n) is 12.8. The molecule has 1 amide bonds. The number of alkyl halides is 7. The lowest BCUT2D eigenvalue weighted by molar-refractivity contribution is -0.348. The van der Waals surface area contributed by atoms with Gasteiger partial charge in [-0.3, -0.25) is 9.59 Å². The fraction of sp³-hybridized carbons (Fsp3) is 0.562. The highest BCUT2D eigenvalue weighted by molar-refractivity contribution is 14.1. The first-order valence-electron chi connectivity index (χ1n) is 15.3. The molecule has 0 unspecified atom stereocenters. The Balaban J connectivity index is 1.66. The molecule has 2 fully saturated rings. The number of carboxylic acid groups (broad SMARTS) is 1. The Kier molecular flexibility index (Phi) is 9.28. The number of benzene rings is 2. The number of carbonyl (C=O) groups excluding carboxylic acids is 1. The first-order chi connectivity index (χ1) is 21.8. The van der Waals surface area contributed by atoms with Gasteiger partial charge in [-0.1, -0.05) is 31.5 Å². The number of fused-ring (bicyclic) bond motifs is 3. The Labute approximate surface area is 281 Å². The monoisotopic (exact) mass is 803 g/mol. The molecule has 2 aromatic rings. The van der Waals surface area contributed by atoms with Crippen LogP contribution < -0.4 is 0 Å². The van der Waals surface area contributed by atoms with E-state index in [0.717, 1.165) is 6.07 Å². The molecule has 2 aliphatic carbocycles. The number of nitrogens with zero attached hydrogens (tertiary/aromatic N) is 1. The maximum atomic E-state index is 15.1. The van der Waals surface area contributed by atoms with Gasteiger partial charge in [-0.2, -0.15) is 26.3 Å². The van der Waals surface area contributed by atoms with Crippen molar-refractivity contribution in [3.8, 4) is 0 Å². The number of hydrogen-bond donors (Lipinski definition) is 1. The molecular weight excluding hydrogens is 770 g/mol. The summed E-state index contributed by atoms with van der Waals surface area (Å²) in [4.78, 5) is 27.5. The molecule has 1 aliphatic heterocycles. The summed E-state index contributed by atoms with van der Waals surface area (Å²) in [6, 6.07) is 6.46. The normalized spacial score (nSPS) is 26.9. The summed E-state index contributed by atoms with van der Waals surface area (Å²) in [5.41, 5.74) is -8.55. The lowest BCUT2D eigenvalue weighted by atomic mass is 9.67. The zero-order valence-corrected chi connectivity index (χ0v) is 28.2. The molecule has 0 bridgehead atoms. The van der Waals surface area contributed by atoms with Crippen molar-refractivity contribution in [3.63, 3.8) is 0 Å². The third-order valence-corrected chi connectivity index (χ3v) is 13.7. The lowest BCUT2D eigenvalue weighted by Crippen LogP contribution is -2.55. The van der Waals surface area contributed by atoms with Crippen molar-refractivity contribution >= 4 is 44.3 Å². The number of amides is 1. The van der Waals surface area contributed by atoms with Gasteiger partial charge in [-0.15, -0.1) is 0 Å². The predicted octanol–water partition coefficient (Wildman–Crippen LogP) is 7.86. The molecule has 47 heavy (non-hydrogen) atoms. The van der Waals surface area contributed by atoms with Gasteiger partial charge >= 0.3 is 24.0 Å². The number of carboxylic acids is 1. The minimum Gasteiger partial charge on any atom is -0.481 e. The molecule has 5 rings (SSSR count). The number of aliphatic carboxylic acids is 1. The fourth-order valence-corrected chi connectivity index (χ4v) is 10.8. The van der Waals surface area contributed by atoms with Crippen molar-refractivity contribution in [1.82, 2.24) is 4.90 Å². The van der Waals surface area contributed by atoms with E-state index in [1.54, 1.807) is 12.1 Å². The van der Waals surface area contributed by atoms with Crippen LogP contribution in [0.4, 0.5) is 30.7 Å². The number of aryl methyl sites for hydroxylation is 1. The quantitative estimate of drug-likeness (QED) is 0.228. The summed E-state index contributed by atoms with van der Waals surface area (Å²) in [7, 11) is -4.46. The third-order valence-electron chi connectivity index (χ3n) is 10.4. The van der Waals surface area contributed by atoms with Gasteiger partial charge in [0.05, 0.1) is 16.9 Å². The van der Waals surface area contributed by atoms with Crippen LogP contribution in [0.2, 0.25) is 0 Å². The van der Waals surface area contributed by atoms with Crippen molar-refractivity contribution in [2.45, 2.75) is 98.4 Å². The Morgan fingerprint density at radius 1 is 0.936 bits per heavy atom. The van der Waals surface area contributed by atoms with Gasteiger partial charge < -0.3 is 10.0 Å². The highest BCUT2D eigenvalue weighted by Crippen LogP contribution is 2.57. The summed E-state index contributed by atoms with van der Waals surface area (Å²) in [6.45, 7) is 1.83. The molecule has 1 heterocycles. The summed E-state index contributed by atoms with van der Waals surface area (Å²) < 4.78 is 125. The molecule has 1 saturated carbocycles. The number of sulfone groups is 1. The second-order valence-corrected chi connectivity index (χ2v) is 16.3. The summed E-state index contributed by atoms with van der Waals surface area (Å²) in [6.07, 6.45) is -11.1. The molecule has 0 radical (unpaired) electrons. The van der Waals surface area contributed by atoms with Crippen LogP contribution in [-0.4, -0.2) is 55.2 Å². The number of likely N-dealkylation sites (tertiary alicyclic amines) is 1. The molecule has 0 aromatic heterocycles. The Hall–Kier alpha value is -2.43. The zero-order valence-electron chi connectivity index (χ0n) is 25.2. The molecule has 15 heteroatoms. The van der Waals surface area contributed by atoms with Crippen LogP contribution in [0.1, 0.15) is 75.0 Å². The minimum atomic E-state index is -6.34. The summed E-state index contributed by atoms with van der Waals surface area (Å²) in [5.74, 6) is -1.90. The highest BCUT2D eigenvalue weighted by Gasteiger charge is 2.74. The Morgan fingerprint density at radius 2 is 1.53 bits per heavy atom. The fourth-order valence-electron chi connectivity index (χ4n) is 8.07. The maximum Gasteiger partial charge on any atom is 0.435 e. The molecule has 2 atom stereocenters. The third kappa shape index (κ3) is 5.54. The topological polar surface area (TPSA) is 91.8 Å². The molecule has 6 nitrogen and oxygen atoms in total. The highest BCUT2D eigenvalue weighted by atomic mass is 127. The average Bonchev–Trinajstić information content (AvgIpc) is 3.41. The van der Waals surface area contributed by atoms with Crippen molar-refractivity contribution < 1.29 is 53.8 Å². The average molecular weight is 804 g/mol. The number of hydrogen-bond acceptors (Lipinski definition) is 4. The van der Waals surface area contributed by atoms with E-state index in [-0.39, 0.29) is 73.4 Å². The molecule has 258 valence electrons. The Bertz CT molecular complexity index is 1640. The predicted molar refractivity (Wildman–Crippen MR) is 165 cm³/mol. The van der Waals surface area contributed by atoms with Crippen LogP contribution in [0.5, 0.6) is 0 Å². The van der Waals surface area contributed by atoms with Crippen LogP contribution in [0.15, 0.2) is 47.4 Å². The first kappa shape index (κ1) is 35.9.